The van der Waals surface area contributed by atoms with Crippen LogP contribution in [0.4, 0.5) is 5.69 Å². The van der Waals surface area contributed by atoms with Gasteiger partial charge in [-0.2, -0.15) is 0 Å². The van der Waals surface area contributed by atoms with Crippen LogP contribution in [0.5, 0.6) is 0 Å². The van der Waals surface area contributed by atoms with E-state index in [9.17, 15) is 8.42 Å². The number of nitrogens with zero attached hydrogens (tertiary/aromatic N) is 1. The second kappa shape index (κ2) is 6.91. The Kier molecular flexibility index (Phi) is 5.82. The summed E-state index contributed by atoms with van der Waals surface area (Å²) in [5.41, 5.74) is 0.853. The van der Waals surface area contributed by atoms with Crippen molar-refractivity contribution in [1.82, 2.24) is 4.31 Å². The lowest BCUT2D eigenvalue weighted by Crippen LogP contribution is -2.22. The van der Waals surface area contributed by atoms with Gasteiger partial charge in [0.2, 0.25) is 10.0 Å². The van der Waals surface area contributed by atoms with Crippen molar-refractivity contribution in [3.05, 3.63) is 24.3 Å². The van der Waals surface area contributed by atoms with Gasteiger partial charge in [-0.05, 0) is 31.5 Å². The number of unbranched alkanes of at least 4 members (excludes halogenated alkanes) is 1. The third-order valence-corrected chi connectivity index (χ3v) is 4.83. The Labute approximate surface area is 116 Å². The first kappa shape index (κ1) is 16.0. The van der Waals surface area contributed by atoms with Gasteiger partial charge in [0.15, 0.2) is 0 Å². The SMILES string of the molecule is CCCCC(C)Nc1cccc(S(=O)(=O)N(C)C)c1. The van der Waals surface area contributed by atoms with Crippen LogP contribution in [-0.2, 0) is 10.0 Å². The molecular weight excluding hydrogens is 260 g/mol. The Hall–Kier alpha value is -1.07. The lowest BCUT2D eigenvalue weighted by molar-refractivity contribution is 0.521. The lowest BCUT2D eigenvalue weighted by atomic mass is 10.1. The molecule has 0 fully saturated rings. The Morgan fingerprint density at radius 1 is 1.32 bits per heavy atom. The van der Waals surface area contributed by atoms with Crippen LogP contribution in [0.1, 0.15) is 33.1 Å². The van der Waals surface area contributed by atoms with Gasteiger partial charge in [0.25, 0.3) is 0 Å². The highest BCUT2D eigenvalue weighted by molar-refractivity contribution is 7.89. The summed E-state index contributed by atoms with van der Waals surface area (Å²) in [4.78, 5) is 0.324. The highest BCUT2D eigenvalue weighted by Crippen LogP contribution is 2.19. The molecule has 1 rings (SSSR count). The predicted octanol–water partition coefficient (Wildman–Crippen LogP) is 2.93. The molecule has 0 radical (unpaired) electrons. The summed E-state index contributed by atoms with van der Waals surface area (Å²) in [6, 6.07) is 7.33. The first-order valence-electron chi connectivity index (χ1n) is 6.67. The first-order valence-corrected chi connectivity index (χ1v) is 8.11. The summed E-state index contributed by atoms with van der Waals surface area (Å²) in [5, 5.41) is 3.35. The molecule has 0 heterocycles. The summed E-state index contributed by atoms with van der Waals surface area (Å²) in [6.45, 7) is 4.28. The topological polar surface area (TPSA) is 49.4 Å². The standard InChI is InChI=1S/C14H24N2O2S/c1-5-6-8-12(2)15-13-9-7-10-14(11-13)19(17,18)16(3)4/h7,9-12,15H,5-6,8H2,1-4H3. The molecule has 19 heavy (non-hydrogen) atoms. The molecule has 0 spiro atoms. The Morgan fingerprint density at radius 3 is 2.58 bits per heavy atom. The predicted molar refractivity (Wildman–Crippen MR) is 79.9 cm³/mol. The summed E-state index contributed by atoms with van der Waals surface area (Å²) >= 11 is 0. The van der Waals surface area contributed by atoms with E-state index >= 15 is 0 Å². The largest absolute Gasteiger partial charge is 0.383 e. The molecule has 0 aliphatic heterocycles. The van der Waals surface area contributed by atoms with E-state index < -0.39 is 10.0 Å². The fraction of sp³-hybridized carbons (Fsp3) is 0.571. The quantitative estimate of drug-likeness (QED) is 0.837. The number of nitrogens with one attached hydrogen (secondary N) is 1. The normalized spacial score (nSPS) is 13.5. The van der Waals surface area contributed by atoms with Crippen molar-refractivity contribution in [2.45, 2.75) is 44.0 Å². The molecule has 0 amide bonds. The summed E-state index contributed by atoms with van der Waals surface area (Å²) in [5.74, 6) is 0. The van der Waals surface area contributed by atoms with Gasteiger partial charge in [0.1, 0.15) is 0 Å². The van der Waals surface area contributed by atoms with Gasteiger partial charge < -0.3 is 5.32 Å². The number of hydrogen-bond donors (Lipinski definition) is 1. The molecule has 0 aromatic heterocycles. The van der Waals surface area contributed by atoms with Gasteiger partial charge >= 0.3 is 0 Å². The summed E-state index contributed by atoms with van der Waals surface area (Å²) in [7, 11) is -0.277. The van der Waals surface area contributed by atoms with Crippen LogP contribution < -0.4 is 5.32 Å². The zero-order valence-electron chi connectivity index (χ0n) is 12.2. The molecule has 108 valence electrons. The molecule has 1 unspecified atom stereocenters. The van der Waals surface area contributed by atoms with Crippen LogP contribution in [0, 0.1) is 0 Å². The highest BCUT2D eigenvalue weighted by Gasteiger charge is 2.17. The molecule has 1 atom stereocenters. The Balaban J connectivity index is 2.84. The van der Waals surface area contributed by atoms with E-state index in [-0.39, 0.29) is 0 Å². The molecule has 1 aromatic carbocycles. The highest BCUT2D eigenvalue weighted by atomic mass is 32.2. The molecule has 0 saturated carbocycles. The van der Waals surface area contributed by atoms with Crippen LogP contribution in [-0.4, -0.2) is 32.9 Å². The van der Waals surface area contributed by atoms with E-state index in [4.69, 9.17) is 0 Å². The lowest BCUT2D eigenvalue weighted by Gasteiger charge is -2.16. The first-order chi connectivity index (χ1) is 8.87. The van der Waals surface area contributed by atoms with E-state index in [1.807, 2.05) is 6.07 Å². The van der Waals surface area contributed by atoms with E-state index in [1.54, 1.807) is 32.3 Å². The Morgan fingerprint density at radius 2 is 2.00 bits per heavy atom. The number of rotatable bonds is 7. The van der Waals surface area contributed by atoms with Crippen molar-refractivity contribution in [1.29, 1.82) is 0 Å². The van der Waals surface area contributed by atoms with E-state index in [2.05, 4.69) is 19.2 Å². The minimum atomic E-state index is -3.36. The minimum Gasteiger partial charge on any atom is -0.383 e. The molecule has 0 aliphatic carbocycles. The third kappa shape index (κ3) is 4.51. The van der Waals surface area contributed by atoms with Gasteiger partial charge in [0, 0.05) is 25.8 Å². The number of benzene rings is 1. The molecule has 1 N–H and O–H groups in total. The average molecular weight is 284 g/mol. The smallest absolute Gasteiger partial charge is 0.242 e. The maximum Gasteiger partial charge on any atom is 0.242 e. The van der Waals surface area contributed by atoms with Crippen LogP contribution in [0.25, 0.3) is 0 Å². The zero-order chi connectivity index (χ0) is 14.5. The van der Waals surface area contributed by atoms with Crippen molar-refractivity contribution in [2.24, 2.45) is 0 Å². The second-order valence-corrected chi connectivity index (χ2v) is 7.15. The van der Waals surface area contributed by atoms with Crippen LogP contribution in [0.15, 0.2) is 29.2 Å². The molecule has 5 heteroatoms. The monoisotopic (exact) mass is 284 g/mol. The van der Waals surface area contributed by atoms with Crippen molar-refractivity contribution >= 4 is 15.7 Å². The number of anilines is 1. The van der Waals surface area contributed by atoms with Crippen LogP contribution in [0.2, 0.25) is 0 Å². The van der Waals surface area contributed by atoms with Crippen molar-refractivity contribution in [3.8, 4) is 0 Å². The van der Waals surface area contributed by atoms with E-state index in [1.165, 1.54) is 17.1 Å². The number of hydrogen-bond acceptors (Lipinski definition) is 3. The van der Waals surface area contributed by atoms with Gasteiger partial charge in [-0.25, -0.2) is 12.7 Å². The third-order valence-electron chi connectivity index (χ3n) is 3.02. The van der Waals surface area contributed by atoms with Gasteiger partial charge in [0.05, 0.1) is 4.90 Å². The zero-order valence-corrected chi connectivity index (χ0v) is 13.0. The van der Waals surface area contributed by atoms with Crippen molar-refractivity contribution in [2.75, 3.05) is 19.4 Å². The molecule has 4 nitrogen and oxygen atoms in total. The van der Waals surface area contributed by atoms with Gasteiger partial charge in [-0.3, -0.25) is 0 Å². The maximum atomic E-state index is 12.0. The maximum absolute atomic E-state index is 12.0. The fourth-order valence-corrected chi connectivity index (χ4v) is 2.77. The molecular formula is C14H24N2O2S. The molecule has 0 aliphatic rings. The number of sulfonamides is 1. The molecule has 1 aromatic rings. The fourth-order valence-electron chi connectivity index (χ4n) is 1.82. The van der Waals surface area contributed by atoms with Crippen LogP contribution in [0.3, 0.4) is 0 Å². The average Bonchev–Trinajstić information content (AvgIpc) is 2.36. The van der Waals surface area contributed by atoms with E-state index in [0.29, 0.717) is 10.9 Å². The van der Waals surface area contributed by atoms with Gasteiger partial charge in [-0.1, -0.05) is 25.8 Å². The molecule has 0 saturated heterocycles. The van der Waals surface area contributed by atoms with Crippen molar-refractivity contribution in [3.63, 3.8) is 0 Å². The van der Waals surface area contributed by atoms with Gasteiger partial charge in [-0.15, -0.1) is 0 Å². The van der Waals surface area contributed by atoms with E-state index in [0.717, 1.165) is 12.1 Å². The van der Waals surface area contributed by atoms with Crippen molar-refractivity contribution < 1.29 is 8.42 Å². The second-order valence-electron chi connectivity index (χ2n) is 5.00. The van der Waals surface area contributed by atoms with Crippen LogP contribution >= 0.6 is 0 Å². The minimum absolute atomic E-state index is 0.324. The Bertz CT molecular complexity index is 498. The summed E-state index contributed by atoms with van der Waals surface area (Å²) in [6.07, 6.45) is 3.42. The molecule has 0 bridgehead atoms. The summed E-state index contributed by atoms with van der Waals surface area (Å²) < 4.78 is 25.3.